The summed E-state index contributed by atoms with van der Waals surface area (Å²) < 4.78 is 41.5. The zero-order valence-electron chi connectivity index (χ0n) is 32.5. The fourth-order valence-electron chi connectivity index (χ4n) is 8.02. The molecule has 3 atom stereocenters. The van der Waals surface area contributed by atoms with Crippen LogP contribution in [0.25, 0.3) is 0 Å². The minimum Gasteiger partial charge on any atom is -0.497 e. The minimum absolute atomic E-state index is 0.242. The molecular formula is C41H55ClN2O7. The average Bonchev–Trinajstić information content (AvgIpc) is 3.48. The van der Waals surface area contributed by atoms with Crippen LogP contribution in [0.2, 0.25) is 0 Å². The van der Waals surface area contributed by atoms with Crippen molar-refractivity contribution in [1.29, 1.82) is 0 Å². The summed E-state index contributed by atoms with van der Waals surface area (Å²) in [5, 5.41) is 0.749. The van der Waals surface area contributed by atoms with Gasteiger partial charge in [-0.15, -0.1) is 0 Å². The molecule has 0 aromatic heterocycles. The van der Waals surface area contributed by atoms with Crippen LogP contribution in [0.3, 0.4) is 0 Å². The molecule has 5 rings (SSSR count). The predicted molar refractivity (Wildman–Crippen MR) is 205 cm³/mol. The molecule has 2 heterocycles. The number of anilines is 2. The number of nitrogens with zero attached hydrogens (tertiary/aromatic N) is 2. The number of rotatable bonds is 12. The number of methoxy groups -OCH3 is 7. The maximum Gasteiger partial charge on any atom is 0.171 e. The van der Waals surface area contributed by atoms with Gasteiger partial charge >= 0.3 is 0 Å². The molecule has 0 fully saturated rings. The van der Waals surface area contributed by atoms with Crippen molar-refractivity contribution in [2.75, 3.05) is 59.6 Å². The Morgan fingerprint density at radius 3 is 1.86 bits per heavy atom. The van der Waals surface area contributed by atoms with E-state index in [9.17, 15) is 0 Å². The highest BCUT2D eigenvalue weighted by Gasteiger charge is 2.59. The Bertz CT molecular complexity index is 1760. The maximum absolute atomic E-state index is 7.30. The van der Waals surface area contributed by atoms with E-state index < -0.39 is 11.1 Å². The van der Waals surface area contributed by atoms with Crippen LogP contribution in [0.1, 0.15) is 71.9 Å². The van der Waals surface area contributed by atoms with Crippen LogP contribution >= 0.6 is 11.6 Å². The first-order valence-electron chi connectivity index (χ1n) is 17.4. The molecule has 2 aliphatic heterocycles. The molecular weight excluding hydrogens is 668 g/mol. The van der Waals surface area contributed by atoms with Gasteiger partial charge in [0.2, 0.25) is 0 Å². The van der Waals surface area contributed by atoms with Gasteiger partial charge in [0, 0.05) is 55.0 Å². The monoisotopic (exact) mass is 722 g/mol. The maximum atomic E-state index is 7.30. The van der Waals surface area contributed by atoms with Crippen molar-refractivity contribution in [3.63, 3.8) is 0 Å². The molecule has 2 aromatic rings. The lowest BCUT2D eigenvalue weighted by Crippen LogP contribution is -2.59. The molecule has 0 spiro atoms. The Labute approximate surface area is 309 Å². The van der Waals surface area contributed by atoms with E-state index in [-0.39, 0.29) is 17.9 Å². The molecule has 0 amide bonds. The molecule has 9 nitrogen and oxygen atoms in total. The molecule has 0 saturated heterocycles. The number of halogens is 1. The van der Waals surface area contributed by atoms with Crippen molar-refractivity contribution < 1.29 is 33.2 Å². The van der Waals surface area contributed by atoms with Gasteiger partial charge in [-0.3, -0.25) is 0 Å². The third-order valence-electron chi connectivity index (χ3n) is 11.1. The van der Waals surface area contributed by atoms with Crippen LogP contribution in [-0.4, -0.2) is 67.9 Å². The molecule has 0 N–H and O–H groups in total. The summed E-state index contributed by atoms with van der Waals surface area (Å²) in [6, 6.07) is 7.97. The highest BCUT2D eigenvalue weighted by Crippen LogP contribution is 2.58. The number of ether oxygens (including phenoxy) is 7. The smallest absolute Gasteiger partial charge is 0.171 e. The highest BCUT2D eigenvalue weighted by atomic mass is 35.5. The van der Waals surface area contributed by atoms with Crippen LogP contribution < -0.4 is 28.7 Å². The molecule has 3 aliphatic rings. The van der Waals surface area contributed by atoms with E-state index in [1.54, 1.807) is 49.8 Å². The molecule has 51 heavy (non-hydrogen) atoms. The molecule has 0 bridgehead atoms. The molecule has 2 aromatic carbocycles. The zero-order chi connectivity index (χ0) is 37.5. The second-order valence-corrected chi connectivity index (χ2v) is 14.7. The number of hydrogen-bond donors (Lipinski definition) is 0. The summed E-state index contributed by atoms with van der Waals surface area (Å²) in [5.41, 5.74) is 5.39. The van der Waals surface area contributed by atoms with E-state index in [2.05, 4.69) is 73.9 Å². The number of benzene rings is 2. The molecule has 0 saturated carbocycles. The molecule has 3 unspecified atom stereocenters. The fourth-order valence-corrected chi connectivity index (χ4v) is 8.34. The first kappa shape index (κ1) is 38.6. The van der Waals surface area contributed by atoms with Crippen molar-refractivity contribution >= 4 is 23.0 Å². The first-order chi connectivity index (χ1) is 24.2. The number of allylic oxidation sites excluding steroid dienone is 7. The van der Waals surface area contributed by atoms with Gasteiger partial charge in [0.25, 0.3) is 0 Å². The summed E-state index contributed by atoms with van der Waals surface area (Å²) in [7, 11) is 11.9. The first-order valence-corrected chi connectivity index (χ1v) is 17.8. The van der Waals surface area contributed by atoms with Crippen molar-refractivity contribution in [2.45, 2.75) is 89.8 Å². The van der Waals surface area contributed by atoms with E-state index >= 15 is 0 Å². The third-order valence-corrected chi connectivity index (χ3v) is 11.6. The Hall–Kier alpha value is -3.63. The zero-order valence-corrected chi connectivity index (χ0v) is 33.3. The second-order valence-electron chi connectivity index (χ2n) is 14.3. The normalized spacial score (nSPS) is 23.6. The minimum atomic E-state index is -0.936. The van der Waals surface area contributed by atoms with Crippen LogP contribution in [0, 0.1) is 0 Å². The second kappa shape index (κ2) is 14.8. The van der Waals surface area contributed by atoms with Crippen molar-refractivity contribution in [3.05, 3.63) is 81.6 Å². The van der Waals surface area contributed by atoms with E-state index in [4.69, 9.17) is 44.8 Å². The van der Waals surface area contributed by atoms with E-state index in [1.165, 1.54) is 0 Å². The van der Waals surface area contributed by atoms with Crippen molar-refractivity contribution in [3.8, 4) is 23.0 Å². The van der Waals surface area contributed by atoms with E-state index in [0.717, 1.165) is 75.1 Å². The Morgan fingerprint density at radius 1 is 0.725 bits per heavy atom. The average molecular weight is 723 g/mol. The Balaban J connectivity index is 1.60. The predicted octanol–water partition coefficient (Wildman–Crippen LogP) is 8.99. The Morgan fingerprint density at radius 2 is 1.31 bits per heavy atom. The third kappa shape index (κ3) is 6.20. The molecule has 1 aliphatic carbocycles. The lowest BCUT2D eigenvalue weighted by molar-refractivity contribution is -0.0476. The van der Waals surface area contributed by atoms with Crippen molar-refractivity contribution in [1.82, 2.24) is 0 Å². The fraction of sp³-hybridized carbons (Fsp3) is 0.512. The lowest BCUT2D eigenvalue weighted by atomic mass is 9.76. The van der Waals surface area contributed by atoms with Gasteiger partial charge in [0.15, 0.2) is 5.72 Å². The van der Waals surface area contributed by atoms with Gasteiger partial charge in [-0.1, -0.05) is 51.4 Å². The largest absolute Gasteiger partial charge is 0.497 e. The topological polar surface area (TPSA) is 71.1 Å². The number of fused-ring (bicyclic) bond motifs is 2. The quantitative estimate of drug-likeness (QED) is 0.214. The van der Waals surface area contributed by atoms with Crippen LogP contribution in [-0.2, 0) is 25.0 Å². The SMILES string of the molecule is COc1cc(OC)c2c(c1)C(C)(C)/C(=C/C=C1\CCCC(/C=C/C3(OC)N(C(C)OC)c4c(OC)cc(OC)cc4C3(C)C)=C1Cl)N2C(C)OC. The van der Waals surface area contributed by atoms with Gasteiger partial charge in [0.1, 0.15) is 35.5 Å². The van der Waals surface area contributed by atoms with Gasteiger partial charge in [-0.05, 0) is 79.7 Å². The van der Waals surface area contributed by atoms with E-state index in [0.29, 0.717) is 11.5 Å². The van der Waals surface area contributed by atoms with Gasteiger partial charge in [0.05, 0.1) is 39.8 Å². The Kier molecular flexibility index (Phi) is 11.2. The lowest BCUT2D eigenvalue weighted by Gasteiger charge is -2.46. The van der Waals surface area contributed by atoms with Gasteiger partial charge in [-0.25, -0.2) is 0 Å². The standard InChI is InChI=1S/C41H55ClN2O7/c1-25(45-7)43-35(39(3,4)31-21-29(47-9)23-33(49-11)37(31)43)18-17-27-15-14-16-28(36(27)42)19-20-41(51-13)40(5,6)32-22-30(48-10)24-34(50-12)38(32)44(41)26(2)46-8/h17-26H,14-16H2,1-13H3/b20-19+,27-17+,35-18-. The van der Waals surface area contributed by atoms with Crippen molar-refractivity contribution in [2.24, 2.45) is 0 Å². The molecule has 0 radical (unpaired) electrons. The van der Waals surface area contributed by atoms with Gasteiger partial charge < -0.3 is 43.0 Å². The van der Waals surface area contributed by atoms with Crippen LogP contribution in [0.4, 0.5) is 11.4 Å². The summed E-state index contributed by atoms with van der Waals surface area (Å²) in [6.45, 7) is 12.8. The van der Waals surface area contributed by atoms with Gasteiger partial charge in [-0.2, -0.15) is 0 Å². The molecule has 278 valence electrons. The summed E-state index contributed by atoms with van der Waals surface area (Å²) in [5.74, 6) is 2.88. The highest BCUT2D eigenvalue weighted by molar-refractivity contribution is 6.32. The summed E-state index contributed by atoms with van der Waals surface area (Å²) >= 11 is 7.30. The van der Waals surface area contributed by atoms with Crippen LogP contribution in [0.15, 0.2) is 70.4 Å². The van der Waals surface area contributed by atoms with Crippen LogP contribution in [0.5, 0.6) is 23.0 Å². The summed E-state index contributed by atoms with van der Waals surface area (Å²) in [4.78, 5) is 4.37. The number of hydrogen-bond acceptors (Lipinski definition) is 9. The van der Waals surface area contributed by atoms with E-state index in [1.807, 2.05) is 26.0 Å². The summed E-state index contributed by atoms with van der Waals surface area (Å²) in [6.07, 6.45) is 10.7. The molecule has 10 heteroatoms.